The molecule has 1 aromatic rings. The number of alkyl halides is 2. The highest BCUT2D eigenvalue weighted by Crippen LogP contribution is 2.35. The molecule has 1 saturated heterocycles. The Morgan fingerprint density at radius 3 is 2.16 bits per heavy atom. The highest BCUT2D eigenvalue weighted by atomic mass is 19.3. The van der Waals surface area contributed by atoms with Gasteiger partial charge in [-0.15, -0.1) is 0 Å². The fraction of sp³-hybridized carbons (Fsp3) is 0.625. The molecule has 0 amide bonds. The summed E-state index contributed by atoms with van der Waals surface area (Å²) >= 11 is 0. The van der Waals surface area contributed by atoms with E-state index in [1.165, 1.54) is 6.07 Å². The highest BCUT2D eigenvalue weighted by molar-refractivity contribution is 5.33. The molecule has 1 aromatic carbocycles. The Labute approximate surface area is 116 Å². The number of hydrogen-bond acceptors (Lipinski definition) is 1. The van der Waals surface area contributed by atoms with E-state index in [4.69, 9.17) is 0 Å². The molecule has 1 atom stereocenters. The second kappa shape index (κ2) is 9.03. The van der Waals surface area contributed by atoms with Crippen LogP contribution < -0.4 is 5.32 Å². The zero-order valence-corrected chi connectivity index (χ0v) is 12.8. The van der Waals surface area contributed by atoms with Crippen molar-refractivity contribution in [1.82, 2.24) is 5.32 Å². The van der Waals surface area contributed by atoms with Crippen LogP contribution in [0.3, 0.4) is 0 Å². The van der Waals surface area contributed by atoms with E-state index < -0.39 is 5.92 Å². The van der Waals surface area contributed by atoms with Gasteiger partial charge in [0.15, 0.2) is 0 Å². The van der Waals surface area contributed by atoms with Gasteiger partial charge in [-0.05, 0) is 24.9 Å². The normalized spacial score (nSPS) is 17.9. The molecule has 0 aromatic heterocycles. The van der Waals surface area contributed by atoms with Crippen LogP contribution in [-0.2, 0) is 5.92 Å². The van der Waals surface area contributed by atoms with Crippen molar-refractivity contribution in [3.8, 4) is 0 Å². The largest absolute Gasteiger partial charge is 0.310 e. The minimum Gasteiger partial charge on any atom is -0.310 e. The third-order valence-electron chi connectivity index (χ3n) is 2.87. The Bertz CT molecular complexity index is 339. The third-order valence-corrected chi connectivity index (χ3v) is 2.87. The Morgan fingerprint density at radius 1 is 1.11 bits per heavy atom. The van der Waals surface area contributed by atoms with Crippen LogP contribution in [0.5, 0.6) is 0 Å². The molecular weight excluding hydrogens is 244 g/mol. The molecule has 0 bridgehead atoms. The van der Waals surface area contributed by atoms with E-state index in [2.05, 4.69) is 5.32 Å². The monoisotopic (exact) mass is 271 g/mol. The minimum absolute atomic E-state index is 0.104. The average Bonchev–Trinajstić information content (AvgIpc) is 2.96. The number of benzene rings is 1. The van der Waals surface area contributed by atoms with Crippen molar-refractivity contribution in [3.63, 3.8) is 0 Å². The predicted molar refractivity (Wildman–Crippen MR) is 78.7 cm³/mol. The number of rotatable bonds is 2. The lowest BCUT2D eigenvalue weighted by atomic mass is 9.96. The smallest absolute Gasteiger partial charge is 0.270 e. The molecule has 1 fully saturated rings. The summed E-state index contributed by atoms with van der Waals surface area (Å²) in [5.41, 5.74) is 0.909. The van der Waals surface area contributed by atoms with Gasteiger partial charge in [0.05, 0.1) is 0 Å². The van der Waals surface area contributed by atoms with E-state index in [1.54, 1.807) is 12.1 Å². The second-order valence-corrected chi connectivity index (χ2v) is 4.12. The van der Waals surface area contributed by atoms with Gasteiger partial charge in [0.25, 0.3) is 5.92 Å². The van der Waals surface area contributed by atoms with Crippen LogP contribution in [0.2, 0.25) is 0 Å². The average molecular weight is 271 g/mol. The molecule has 1 N–H and O–H groups in total. The SMILES string of the molecule is CC.CC.CC(F)(F)c1ccccc1C1CCCN1. The summed E-state index contributed by atoms with van der Waals surface area (Å²) in [4.78, 5) is 0. The van der Waals surface area contributed by atoms with Gasteiger partial charge >= 0.3 is 0 Å². The molecular formula is C16H27F2N. The van der Waals surface area contributed by atoms with Crippen LogP contribution in [0.25, 0.3) is 0 Å². The molecule has 1 aliphatic rings. The van der Waals surface area contributed by atoms with E-state index in [1.807, 2.05) is 33.8 Å². The van der Waals surface area contributed by atoms with E-state index in [9.17, 15) is 8.78 Å². The molecule has 110 valence electrons. The molecule has 0 saturated carbocycles. The summed E-state index contributed by atoms with van der Waals surface area (Å²) in [7, 11) is 0. The van der Waals surface area contributed by atoms with Gasteiger partial charge in [-0.1, -0.05) is 52.0 Å². The molecule has 0 spiro atoms. The molecule has 0 aliphatic carbocycles. The van der Waals surface area contributed by atoms with Gasteiger partial charge in [-0.25, -0.2) is 8.78 Å². The Kier molecular flexibility index (Phi) is 8.57. The summed E-state index contributed by atoms with van der Waals surface area (Å²) in [6, 6.07) is 6.92. The van der Waals surface area contributed by atoms with E-state index in [0.717, 1.165) is 31.9 Å². The van der Waals surface area contributed by atoms with Gasteiger partial charge in [-0.3, -0.25) is 0 Å². The van der Waals surface area contributed by atoms with Gasteiger partial charge in [0.2, 0.25) is 0 Å². The van der Waals surface area contributed by atoms with E-state index in [-0.39, 0.29) is 11.6 Å². The molecule has 1 unspecified atom stereocenters. The summed E-state index contributed by atoms with van der Waals surface area (Å²) < 4.78 is 26.7. The maximum Gasteiger partial charge on any atom is 0.270 e. The lowest BCUT2D eigenvalue weighted by Gasteiger charge is -2.19. The van der Waals surface area contributed by atoms with Crippen LogP contribution in [0.1, 0.15) is 64.6 Å². The van der Waals surface area contributed by atoms with Crippen molar-refractivity contribution in [2.45, 2.75) is 59.4 Å². The van der Waals surface area contributed by atoms with Gasteiger partial charge in [0, 0.05) is 18.5 Å². The summed E-state index contributed by atoms with van der Waals surface area (Å²) in [6.45, 7) is 9.88. The van der Waals surface area contributed by atoms with Gasteiger partial charge in [0.1, 0.15) is 0 Å². The van der Waals surface area contributed by atoms with Crippen LogP contribution in [0, 0.1) is 0 Å². The number of nitrogens with one attached hydrogen (secondary N) is 1. The predicted octanol–water partition coefficient (Wildman–Crippen LogP) is 5.28. The lowest BCUT2D eigenvalue weighted by molar-refractivity contribution is 0.0161. The lowest BCUT2D eigenvalue weighted by Crippen LogP contribution is -2.18. The minimum atomic E-state index is -2.75. The molecule has 0 radical (unpaired) electrons. The van der Waals surface area contributed by atoms with Crippen molar-refractivity contribution in [1.29, 1.82) is 0 Å². The van der Waals surface area contributed by atoms with Gasteiger partial charge in [-0.2, -0.15) is 0 Å². The van der Waals surface area contributed by atoms with Crippen LogP contribution in [0.4, 0.5) is 8.78 Å². The van der Waals surface area contributed by atoms with Crippen molar-refractivity contribution in [2.75, 3.05) is 6.54 Å². The summed E-state index contributed by atoms with van der Waals surface area (Å²) in [5.74, 6) is -2.75. The molecule has 2 rings (SSSR count). The second-order valence-electron chi connectivity index (χ2n) is 4.12. The standard InChI is InChI=1S/C12H15F2N.2C2H6/c1-12(13,14)10-6-3-2-5-9(10)11-7-4-8-15-11;2*1-2/h2-3,5-6,11,15H,4,7-8H2,1H3;2*1-2H3. The maximum atomic E-state index is 13.3. The van der Waals surface area contributed by atoms with E-state index >= 15 is 0 Å². The Hall–Kier alpha value is -0.960. The van der Waals surface area contributed by atoms with Gasteiger partial charge < -0.3 is 5.32 Å². The first-order valence-electron chi connectivity index (χ1n) is 7.29. The first-order valence-corrected chi connectivity index (χ1v) is 7.29. The molecule has 1 heterocycles. The number of hydrogen-bond donors (Lipinski definition) is 1. The summed E-state index contributed by atoms with van der Waals surface area (Å²) in [5, 5.41) is 3.25. The fourth-order valence-corrected chi connectivity index (χ4v) is 2.15. The molecule has 3 heteroatoms. The highest BCUT2D eigenvalue weighted by Gasteiger charge is 2.30. The van der Waals surface area contributed by atoms with Crippen molar-refractivity contribution in [3.05, 3.63) is 35.4 Å². The first-order chi connectivity index (χ1) is 9.09. The first kappa shape index (κ1) is 18.0. The molecule has 19 heavy (non-hydrogen) atoms. The van der Waals surface area contributed by atoms with Crippen LogP contribution in [-0.4, -0.2) is 6.54 Å². The van der Waals surface area contributed by atoms with Crippen LogP contribution >= 0.6 is 0 Å². The van der Waals surface area contributed by atoms with Crippen molar-refractivity contribution < 1.29 is 8.78 Å². The quantitative estimate of drug-likeness (QED) is 0.772. The van der Waals surface area contributed by atoms with Crippen molar-refractivity contribution in [2.24, 2.45) is 0 Å². The fourth-order valence-electron chi connectivity index (χ4n) is 2.15. The van der Waals surface area contributed by atoms with E-state index in [0.29, 0.717) is 0 Å². The zero-order valence-electron chi connectivity index (χ0n) is 12.8. The maximum absolute atomic E-state index is 13.3. The Balaban J connectivity index is 0.000000741. The van der Waals surface area contributed by atoms with Crippen molar-refractivity contribution >= 4 is 0 Å². The summed E-state index contributed by atoms with van der Waals surface area (Å²) in [6.07, 6.45) is 2.02. The third kappa shape index (κ3) is 5.27. The van der Waals surface area contributed by atoms with Crippen LogP contribution in [0.15, 0.2) is 24.3 Å². The number of halogens is 2. The Morgan fingerprint density at radius 2 is 1.68 bits per heavy atom. The molecule has 1 nitrogen and oxygen atoms in total. The molecule has 1 aliphatic heterocycles. The zero-order chi connectivity index (χ0) is 14.9. The topological polar surface area (TPSA) is 12.0 Å².